The summed E-state index contributed by atoms with van der Waals surface area (Å²) in [6.07, 6.45) is 3.48. The van der Waals surface area contributed by atoms with E-state index in [-0.39, 0.29) is 18.4 Å². The number of benzene rings is 2. The zero-order chi connectivity index (χ0) is 19.6. The van der Waals surface area contributed by atoms with Gasteiger partial charge in [-0.15, -0.1) is 0 Å². The molecule has 0 aliphatic rings. The van der Waals surface area contributed by atoms with Crippen LogP contribution in [0.5, 0.6) is 0 Å². The van der Waals surface area contributed by atoms with Crippen molar-refractivity contribution in [3.05, 3.63) is 52.5 Å². The number of amides is 2. The van der Waals surface area contributed by atoms with Crippen molar-refractivity contribution >= 4 is 52.1 Å². The van der Waals surface area contributed by atoms with E-state index in [1.807, 2.05) is 0 Å². The Morgan fingerprint density at radius 2 is 1.56 bits per heavy atom. The molecule has 0 bridgehead atoms. The van der Waals surface area contributed by atoms with E-state index in [0.717, 1.165) is 19.3 Å². The van der Waals surface area contributed by atoms with Crippen LogP contribution in [-0.2, 0) is 9.59 Å². The number of hydrogen-bond acceptors (Lipinski definition) is 3. The molecule has 2 rings (SSSR count). The predicted molar refractivity (Wildman–Crippen MR) is 113 cm³/mol. The summed E-state index contributed by atoms with van der Waals surface area (Å²) in [6, 6.07) is 12.1. The van der Waals surface area contributed by atoms with Crippen molar-refractivity contribution in [1.29, 1.82) is 0 Å². The van der Waals surface area contributed by atoms with Gasteiger partial charge in [-0.1, -0.05) is 49.0 Å². The van der Waals surface area contributed by atoms with E-state index in [4.69, 9.17) is 23.2 Å². The maximum atomic E-state index is 12.1. The van der Waals surface area contributed by atoms with Gasteiger partial charge in [0.15, 0.2) is 0 Å². The second-order valence-electron chi connectivity index (χ2n) is 6.12. The number of hydrogen-bond donors (Lipinski definition) is 3. The van der Waals surface area contributed by atoms with E-state index in [1.165, 1.54) is 0 Å². The number of halogens is 2. The van der Waals surface area contributed by atoms with E-state index < -0.39 is 0 Å². The molecule has 3 N–H and O–H groups in total. The lowest BCUT2D eigenvalue weighted by Gasteiger charge is -2.10. The smallest absolute Gasteiger partial charge is 0.243 e. The molecular formula is C20H23Cl2N3O2. The molecule has 0 aromatic heterocycles. The van der Waals surface area contributed by atoms with Gasteiger partial charge in [-0.2, -0.15) is 0 Å². The zero-order valence-corrected chi connectivity index (χ0v) is 16.7. The Morgan fingerprint density at radius 1 is 0.852 bits per heavy atom. The maximum Gasteiger partial charge on any atom is 0.243 e. The zero-order valence-electron chi connectivity index (χ0n) is 15.1. The molecule has 7 heteroatoms. The fourth-order valence-electron chi connectivity index (χ4n) is 2.43. The summed E-state index contributed by atoms with van der Waals surface area (Å²) >= 11 is 11.8. The van der Waals surface area contributed by atoms with Gasteiger partial charge in [0, 0.05) is 23.5 Å². The lowest BCUT2D eigenvalue weighted by Crippen LogP contribution is -2.21. The molecule has 0 unspecified atom stereocenters. The van der Waals surface area contributed by atoms with Crippen LogP contribution in [0.2, 0.25) is 10.0 Å². The van der Waals surface area contributed by atoms with Crippen molar-refractivity contribution in [1.82, 2.24) is 0 Å². The Balaban J connectivity index is 1.84. The van der Waals surface area contributed by atoms with Gasteiger partial charge in [0.25, 0.3) is 0 Å². The maximum absolute atomic E-state index is 12.1. The van der Waals surface area contributed by atoms with Crippen LogP contribution in [0, 0.1) is 0 Å². The largest absolute Gasteiger partial charge is 0.376 e. The third kappa shape index (κ3) is 7.49. The van der Waals surface area contributed by atoms with Gasteiger partial charge in [-0.3, -0.25) is 9.59 Å². The van der Waals surface area contributed by atoms with Crippen molar-refractivity contribution in [3.63, 3.8) is 0 Å². The molecule has 0 aliphatic carbocycles. The fourth-order valence-corrected chi connectivity index (χ4v) is 2.73. The monoisotopic (exact) mass is 407 g/mol. The molecule has 144 valence electrons. The summed E-state index contributed by atoms with van der Waals surface area (Å²) in [5.41, 5.74) is 1.97. The first-order valence-electron chi connectivity index (χ1n) is 8.86. The van der Waals surface area contributed by atoms with Gasteiger partial charge in [0.1, 0.15) is 0 Å². The Kier molecular flexibility index (Phi) is 8.43. The van der Waals surface area contributed by atoms with Crippen LogP contribution in [0.4, 0.5) is 17.1 Å². The molecule has 5 nitrogen and oxygen atoms in total. The molecule has 0 saturated carbocycles. The van der Waals surface area contributed by atoms with Crippen LogP contribution in [0.3, 0.4) is 0 Å². The summed E-state index contributed by atoms with van der Waals surface area (Å²) in [5, 5.41) is 9.51. The molecule has 0 radical (unpaired) electrons. The Labute approximate surface area is 169 Å². The minimum Gasteiger partial charge on any atom is -0.376 e. The van der Waals surface area contributed by atoms with Gasteiger partial charge in [0.2, 0.25) is 11.8 Å². The van der Waals surface area contributed by atoms with Crippen molar-refractivity contribution < 1.29 is 9.59 Å². The summed E-state index contributed by atoms with van der Waals surface area (Å²) in [4.78, 5) is 24.0. The molecular weight excluding hydrogens is 385 g/mol. The van der Waals surface area contributed by atoms with Crippen molar-refractivity contribution in [2.75, 3.05) is 22.5 Å². The Hall–Kier alpha value is -2.24. The summed E-state index contributed by atoms with van der Waals surface area (Å²) < 4.78 is 0. The molecule has 0 saturated heterocycles. The van der Waals surface area contributed by atoms with Crippen molar-refractivity contribution in [3.8, 4) is 0 Å². The summed E-state index contributed by atoms with van der Waals surface area (Å²) in [7, 11) is 0. The van der Waals surface area contributed by atoms with Crippen molar-refractivity contribution in [2.45, 2.75) is 32.6 Å². The van der Waals surface area contributed by atoms with E-state index in [9.17, 15) is 9.59 Å². The van der Waals surface area contributed by atoms with Crippen molar-refractivity contribution in [2.24, 2.45) is 0 Å². The molecule has 2 amide bonds. The van der Waals surface area contributed by atoms with Crippen LogP contribution >= 0.6 is 23.2 Å². The normalized spacial score (nSPS) is 10.3. The van der Waals surface area contributed by atoms with Crippen LogP contribution in [-0.4, -0.2) is 18.4 Å². The second-order valence-corrected chi connectivity index (χ2v) is 6.93. The molecule has 0 spiro atoms. The van der Waals surface area contributed by atoms with Crippen LogP contribution in [0.1, 0.15) is 32.6 Å². The number of anilines is 3. The quantitative estimate of drug-likeness (QED) is 0.476. The summed E-state index contributed by atoms with van der Waals surface area (Å²) in [6.45, 7) is 2.17. The lowest BCUT2D eigenvalue weighted by atomic mass is 10.2. The SMILES string of the molecule is CCCCCC(=O)Nc1cccc(NC(=O)CNc2ccc(Cl)c(Cl)c2)c1. The van der Waals surface area contributed by atoms with Gasteiger partial charge in [0.05, 0.1) is 16.6 Å². The Morgan fingerprint density at radius 3 is 2.22 bits per heavy atom. The molecule has 0 heterocycles. The van der Waals surface area contributed by atoms with E-state index >= 15 is 0 Å². The summed E-state index contributed by atoms with van der Waals surface area (Å²) in [5.74, 6) is -0.235. The first-order valence-corrected chi connectivity index (χ1v) is 9.62. The highest BCUT2D eigenvalue weighted by Gasteiger charge is 2.06. The third-order valence-corrected chi connectivity index (χ3v) is 4.55. The second kappa shape index (κ2) is 10.8. The highest BCUT2D eigenvalue weighted by atomic mass is 35.5. The first-order chi connectivity index (χ1) is 13.0. The molecule has 2 aromatic carbocycles. The van der Waals surface area contributed by atoms with E-state index in [0.29, 0.717) is 33.5 Å². The number of unbranched alkanes of at least 4 members (excludes halogenated alkanes) is 2. The number of rotatable bonds is 9. The van der Waals surface area contributed by atoms with Crippen LogP contribution < -0.4 is 16.0 Å². The molecule has 0 fully saturated rings. The van der Waals surface area contributed by atoms with Crippen LogP contribution in [0.15, 0.2) is 42.5 Å². The average molecular weight is 408 g/mol. The van der Waals surface area contributed by atoms with Gasteiger partial charge < -0.3 is 16.0 Å². The molecule has 2 aromatic rings. The van der Waals surface area contributed by atoms with Gasteiger partial charge >= 0.3 is 0 Å². The first kappa shape index (κ1) is 21.1. The van der Waals surface area contributed by atoms with Gasteiger partial charge in [-0.25, -0.2) is 0 Å². The highest BCUT2D eigenvalue weighted by molar-refractivity contribution is 6.42. The predicted octanol–water partition coefficient (Wildman–Crippen LogP) is 5.56. The third-order valence-electron chi connectivity index (χ3n) is 3.81. The number of carbonyl (C=O) groups is 2. The van der Waals surface area contributed by atoms with Crippen LogP contribution in [0.25, 0.3) is 0 Å². The lowest BCUT2D eigenvalue weighted by molar-refractivity contribution is -0.116. The van der Waals surface area contributed by atoms with E-state index in [2.05, 4.69) is 22.9 Å². The standard InChI is InChI=1S/C20H23Cl2N3O2/c1-2-3-4-8-19(26)24-15-6-5-7-16(11-15)25-20(27)13-23-14-9-10-17(21)18(22)12-14/h5-7,9-12,23H,2-4,8,13H2,1H3,(H,24,26)(H,25,27). The average Bonchev–Trinajstić information content (AvgIpc) is 2.63. The van der Waals surface area contributed by atoms with Gasteiger partial charge in [-0.05, 0) is 42.8 Å². The number of carbonyl (C=O) groups excluding carboxylic acids is 2. The minimum atomic E-state index is -0.215. The highest BCUT2D eigenvalue weighted by Crippen LogP contribution is 2.24. The minimum absolute atomic E-state index is 0.0202. The number of nitrogens with one attached hydrogen (secondary N) is 3. The van der Waals surface area contributed by atoms with E-state index in [1.54, 1.807) is 42.5 Å². The topological polar surface area (TPSA) is 70.2 Å². The molecule has 0 aliphatic heterocycles. The molecule has 0 atom stereocenters. The molecule has 27 heavy (non-hydrogen) atoms. The Bertz CT molecular complexity index is 797. The fraction of sp³-hybridized carbons (Fsp3) is 0.300.